The summed E-state index contributed by atoms with van der Waals surface area (Å²) in [6, 6.07) is 14.1. The Morgan fingerprint density at radius 1 is 1.21 bits per heavy atom. The zero-order valence-corrected chi connectivity index (χ0v) is 15.6. The second-order valence-electron chi connectivity index (χ2n) is 5.98. The third-order valence-electron chi connectivity index (χ3n) is 3.84. The molecule has 0 aliphatic rings. The van der Waals surface area contributed by atoms with E-state index in [-0.39, 0.29) is 5.91 Å². The SMILES string of the molecule is COc1cc(C)c(C(=O)NCCSc2ccccc2)cc1C(C)C. The minimum atomic E-state index is -0.0225. The van der Waals surface area contributed by atoms with Gasteiger partial charge in [-0.3, -0.25) is 4.79 Å². The average Bonchev–Trinajstić information content (AvgIpc) is 2.58. The van der Waals surface area contributed by atoms with Crippen LogP contribution < -0.4 is 10.1 Å². The largest absolute Gasteiger partial charge is 0.496 e. The van der Waals surface area contributed by atoms with Gasteiger partial charge in [0.25, 0.3) is 5.91 Å². The molecule has 0 heterocycles. The fourth-order valence-corrected chi connectivity index (χ4v) is 3.31. The van der Waals surface area contributed by atoms with E-state index in [1.807, 2.05) is 37.3 Å². The van der Waals surface area contributed by atoms with Crippen LogP contribution in [0.3, 0.4) is 0 Å². The molecule has 0 saturated heterocycles. The van der Waals surface area contributed by atoms with Crippen molar-refractivity contribution in [3.8, 4) is 5.75 Å². The van der Waals surface area contributed by atoms with E-state index in [9.17, 15) is 4.79 Å². The number of benzene rings is 2. The van der Waals surface area contributed by atoms with Gasteiger partial charge in [-0.05, 0) is 48.2 Å². The minimum absolute atomic E-state index is 0.0225. The lowest BCUT2D eigenvalue weighted by Gasteiger charge is -2.16. The number of hydrogen-bond acceptors (Lipinski definition) is 3. The number of rotatable bonds is 7. The van der Waals surface area contributed by atoms with Crippen LogP contribution in [0.15, 0.2) is 47.4 Å². The summed E-state index contributed by atoms with van der Waals surface area (Å²) in [6.45, 7) is 6.79. The molecule has 0 bridgehead atoms. The van der Waals surface area contributed by atoms with E-state index in [1.165, 1.54) is 4.90 Å². The van der Waals surface area contributed by atoms with E-state index < -0.39 is 0 Å². The Kier molecular flexibility index (Phi) is 6.73. The summed E-state index contributed by atoms with van der Waals surface area (Å²) < 4.78 is 5.43. The molecule has 2 aromatic rings. The van der Waals surface area contributed by atoms with Crippen molar-refractivity contribution in [3.63, 3.8) is 0 Å². The Labute approximate surface area is 148 Å². The number of nitrogens with one attached hydrogen (secondary N) is 1. The third kappa shape index (κ3) is 4.78. The fourth-order valence-electron chi connectivity index (χ4n) is 2.52. The smallest absolute Gasteiger partial charge is 0.251 e. The number of carbonyl (C=O) groups is 1. The summed E-state index contributed by atoms with van der Waals surface area (Å²) in [5.74, 6) is 1.98. The molecule has 2 rings (SSSR count). The quantitative estimate of drug-likeness (QED) is 0.587. The van der Waals surface area contributed by atoms with Crippen molar-refractivity contribution < 1.29 is 9.53 Å². The number of amides is 1. The van der Waals surface area contributed by atoms with E-state index in [1.54, 1.807) is 18.9 Å². The molecule has 1 N–H and O–H groups in total. The molecule has 2 aromatic carbocycles. The molecule has 0 unspecified atom stereocenters. The van der Waals surface area contributed by atoms with Crippen molar-refractivity contribution in [2.75, 3.05) is 19.4 Å². The van der Waals surface area contributed by atoms with Crippen LogP contribution in [0.1, 0.15) is 41.3 Å². The van der Waals surface area contributed by atoms with Crippen LogP contribution in [0.4, 0.5) is 0 Å². The molecule has 3 nitrogen and oxygen atoms in total. The summed E-state index contributed by atoms with van der Waals surface area (Å²) in [7, 11) is 1.67. The molecule has 128 valence electrons. The first-order chi connectivity index (χ1) is 11.5. The van der Waals surface area contributed by atoms with Crippen LogP contribution in [0.5, 0.6) is 5.75 Å². The Morgan fingerprint density at radius 3 is 2.54 bits per heavy atom. The monoisotopic (exact) mass is 343 g/mol. The molecular weight excluding hydrogens is 318 g/mol. The van der Waals surface area contributed by atoms with E-state index in [4.69, 9.17) is 4.74 Å². The first-order valence-electron chi connectivity index (χ1n) is 8.17. The van der Waals surface area contributed by atoms with Gasteiger partial charge in [0.15, 0.2) is 0 Å². The van der Waals surface area contributed by atoms with Crippen LogP contribution >= 0.6 is 11.8 Å². The maximum absolute atomic E-state index is 12.5. The average molecular weight is 343 g/mol. The van der Waals surface area contributed by atoms with Gasteiger partial charge in [-0.25, -0.2) is 0 Å². The van der Waals surface area contributed by atoms with Crippen molar-refractivity contribution in [2.24, 2.45) is 0 Å². The summed E-state index contributed by atoms with van der Waals surface area (Å²) in [4.78, 5) is 13.7. The predicted molar refractivity (Wildman–Crippen MR) is 101 cm³/mol. The Morgan fingerprint density at radius 2 is 1.92 bits per heavy atom. The highest BCUT2D eigenvalue weighted by molar-refractivity contribution is 7.99. The van der Waals surface area contributed by atoms with Crippen LogP contribution in [0, 0.1) is 6.92 Å². The van der Waals surface area contributed by atoms with E-state index in [2.05, 4.69) is 31.3 Å². The van der Waals surface area contributed by atoms with Gasteiger partial charge in [-0.1, -0.05) is 32.0 Å². The van der Waals surface area contributed by atoms with Crippen LogP contribution in [0.2, 0.25) is 0 Å². The molecule has 0 fully saturated rings. The van der Waals surface area contributed by atoms with Gasteiger partial charge in [0.2, 0.25) is 0 Å². The van der Waals surface area contributed by atoms with Gasteiger partial charge in [-0.2, -0.15) is 0 Å². The topological polar surface area (TPSA) is 38.3 Å². The van der Waals surface area contributed by atoms with Gasteiger partial charge < -0.3 is 10.1 Å². The van der Waals surface area contributed by atoms with Gasteiger partial charge in [0, 0.05) is 22.8 Å². The molecule has 4 heteroatoms. The van der Waals surface area contributed by atoms with Crippen LogP contribution in [0.25, 0.3) is 0 Å². The fraction of sp³-hybridized carbons (Fsp3) is 0.350. The second kappa shape index (κ2) is 8.78. The van der Waals surface area contributed by atoms with Crippen molar-refractivity contribution in [2.45, 2.75) is 31.6 Å². The molecule has 0 saturated carbocycles. The predicted octanol–water partition coefficient (Wildman–Crippen LogP) is 4.65. The molecule has 0 aliphatic heterocycles. The van der Waals surface area contributed by atoms with E-state index >= 15 is 0 Å². The highest BCUT2D eigenvalue weighted by atomic mass is 32.2. The number of thioether (sulfide) groups is 1. The molecule has 1 amide bonds. The lowest BCUT2D eigenvalue weighted by atomic mass is 9.96. The van der Waals surface area contributed by atoms with Crippen molar-refractivity contribution in [1.82, 2.24) is 5.32 Å². The third-order valence-corrected chi connectivity index (χ3v) is 4.86. The Hall–Kier alpha value is -1.94. The number of ether oxygens (including phenoxy) is 1. The van der Waals surface area contributed by atoms with Crippen LogP contribution in [-0.2, 0) is 0 Å². The Bertz CT molecular complexity index is 684. The molecular formula is C20H25NO2S. The first-order valence-corrected chi connectivity index (χ1v) is 9.16. The summed E-state index contributed by atoms with van der Waals surface area (Å²) in [5, 5.41) is 3.01. The second-order valence-corrected chi connectivity index (χ2v) is 7.15. The summed E-state index contributed by atoms with van der Waals surface area (Å²) >= 11 is 1.74. The Balaban J connectivity index is 1.98. The summed E-state index contributed by atoms with van der Waals surface area (Å²) in [5.41, 5.74) is 2.72. The zero-order chi connectivity index (χ0) is 17.5. The lowest BCUT2D eigenvalue weighted by molar-refractivity contribution is 0.0955. The molecule has 0 aromatic heterocycles. The normalized spacial score (nSPS) is 10.7. The van der Waals surface area contributed by atoms with Crippen molar-refractivity contribution in [1.29, 1.82) is 0 Å². The van der Waals surface area contributed by atoms with Gasteiger partial charge in [0.05, 0.1) is 7.11 Å². The molecule has 24 heavy (non-hydrogen) atoms. The van der Waals surface area contributed by atoms with Crippen molar-refractivity contribution in [3.05, 3.63) is 59.2 Å². The number of hydrogen-bond donors (Lipinski definition) is 1. The molecule has 0 spiro atoms. The molecule has 0 atom stereocenters. The number of carbonyl (C=O) groups excluding carboxylic acids is 1. The maximum atomic E-state index is 12.5. The van der Waals surface area contributed by atoms with Crippen LogP contribution in [-0.4, -0.2) is 25.3 Å². The van der Waals surface area contributed by atoms with Gasteiger partial charge in [0.1, 0.15) is 5.75 Å². The number of methoxy groups -OCH3 is 1. The van der Waals surface area contributed by atoms with E-state index in [0.717, 1.165) is 28.2 Å². The lowest BCUT2D eigenvalue weighted by Crippen LogP contribution is -2.26. The first kappa shape index (κ1) is 18.4. The standard InChI is InChI=1S/C20H25NO2S/c1-14(2)17-13-18(15(3)12-19(17)23-4)20(22)21-10-11-24-16-8-6-5-7-9-16/h5-9,12-14H,10-11H2,1-4H3,(H,21,22). The van der Waals surface area contributed by atoms with Crippen molar-refractivity contribution >= 4 is 17.7 Å². The minimum Gasteiger partial charge on any atom is -0.496 e. The van der Waals surface area contributed by atoms with Gasteiger partial charge in [-0.15, -0.1) is 11.8 Å². The highest BCUT2D eigenvalue weighted by Gasteiger charge is 2.15. The maximum Gasteiger partial charge on any atom is 0.251 e. The number of aryl methyl sites for hydroxylation is 1. The van der Waals surface area contributed by atoms with E-state index in [0.29, 0.717) is 12.5 Å². The zero-order valence-electron chi connectivity index (χ0n) is 14.8. The summed E-state index contributed by atoms with van der Waals surface area (Å²) in [6.07, 6.45) is 0. The molecule has 0 aliphatic carbocycles. The van der Waals surface area contributed by atoms with Gasteiger partial charge >= 0.3 is 0 Å². The molecule has 0 radical (unpaired) electrons. The highest BCUT2D eigenvalue weighted by Crippen LogP contribution is 2.29.